The fourth-order valence-corrected chi connectivity index (χ4v) is 3.00. The van der Waals surface area contributed by atoms with Crippen LogP contribution in [0.4, 0.5) is 5.69 Å². The van der Waals surface area contributed by atoms with Crippen molar-refractivity contribution in [3.63, 3.8) is 0 Å². The van der Waals surface area contributed by atoms with Gasteiger partial charge in [-0.15, -0.1) is 0 Å². The molecule has 0 aliphatic rings. The third-order valence-electron chi connectivity index (χ3n) is 3.76. The van der Waals surface area contributed by atoms with Gasteiger partial charge >= 0.3 is 0 Å². The van der Waals surface area contributed by atoms with E-state index in [1.165, 1.54) is 12.6 Å². The second kappa shape index (κ2) is 8.64. The third kappa shape index (κ3) is 6.21. The number of anilines is 1. The molecule has 0 heterocycles. The first kappa shape index (κ1) is 19.0. The molecule has 0 saturated carbocycles. The van der Waals surface area contributed by atoms with Crippen molar-refractivity contribution in [1.29, 1.82) is 0 Å². The van der Waals surface area contributed by atoms with E-state index in [2.05, 4.69) is 22.0 Å². The summed E-state index contributed by atoms with van der Waals surface area (Å²) >= 11 is 0. The number of hydrogen-bond acceptors (Lipinski definition) is 3. The van der Waals surface area contributed by atoms with Gasteiger partial charge in [0.25, 0.3) is 0 Å². The normalized spacial score (nSPS) is 12.2. The highest BCUT2D eigenvalue weighted by atomic mass is 32.2. The Labute approximate surface area is 149 Å². The minimum atomic E-state index is -3.26. The smallest absolute Gasteiger partial charge is 0.215 e. The second-order valence-electron chi connectivity index (χ2n) is 5.66. The average molecular weight is 360 g/mol. The predicted molar refractivity (Wildman–Crippen MR) is 103 cm³/mol. The van der Waals surface area contributed by atoms with E-state index in [0.29, 0.717) is 12.5 Å². The molecule has 7 heteroatoms. The van der Waals surface area contributed by atoms with Gasteiger partial charge in [-0.2, -0.15) is 0 Å². The first-order chi connectivity index (χ1) is 11.9. The van der Waals surface area contributed by atoms with Gasteiger partial charge in [-0.05, 0) is 42.3 Å². The first-order valence-corrected chi connectivity index (χ1v) is 9.72. The van der Waals surface area contributed by atoms with Crippen LogP contribution in [0.3, 0.4) is 0 Å². The number of nitrogens with one attached hydrogen (secondary N) is 2. The lowest BCUT2D eigenvalue weighted by Crippen LogP contribution is -2.22. The summed E-state index contributed by atoms with van der Waals surface area (Å²) in [5, 5.41) is 3.05. The number of nitrogens with zero attached hydrogens (tertiary/aromatic N) is 1. The SMILES string of the molecule is CCc1ccc(NC(N)=NCc2ccc(CS(=O)(=O)NC)cc2)cc1. The number of guanidine groups is 1. The van der Waals surface area contributed by atoms with Crippen LogP contribution in [0, 0.1) is 0 Å². The van der Waals surface area contributed by atoms with Crippen LogP contribution in [0.25, 0.3) is 0 Å². The van der Waals surface area contributed by atoms with Crippen LogP contribution >= 0.6 is 0 Å². The van der Waals surface area contributed by atoms with E-state index in [0.717, 1.165) is 23.2 Å². The van der Waals surface area contributed by atoms with Gasteiger partial charge in [0.15, 0.2) is 5.96 Å². The maximum atomic E-state index is 11.5. The standard InChI is InChI=1S/C18H24N4O2S/c1-3-14-8-10-17(11-9-14)22-18(19)21-12-15-4-6-16(7-5-15)13-25(23,24)20-2/h4-11,20H,3,12-13H2,1-2H3,(H3,19,21,22). The van der Waals surface area contributed by atoms with Gasteiger partial charge in [0.2, 0.25) is 10.0 Å². The van der Waals surface area contributed by atoms with Gasteiger partial charge in [-0.3, -0.25) is 0 Å². The van der Waals surface area contributed by atoms with Crippen molar-refractivity contribution < 1.29 is 8.42 Å². The molecule has 6 nitrogen and oxygen atoms in total. The van der Waals surface area contributed by atoms with Crippen molar-refractivity contribution in [3.05, 3.63) is 65.2 Å². The molecule has 0 atom stereocenters. The lowest BCUT2D eigenvalue weighted by Gasteiger charge is -2.07. The van der Waals surface area contributed by atoms with E-state index in [4.69, 9.17) is 5.73 Å². The Bertz CT molecular complexity index is 813. The van der Waals surface area contributed by atoms with Crippen molar-refractivity contribution in [1.82, 2.24) is 4.72 Å². The summed E-state index contributed by atoms with van der Waals surface area (Å²) < 4.78 is 25.3. The molecule has 2 aromatic carbocycles. The molecule has 0 spiro atoms. The zero-order chi connectivity index (χ0) is 18.3. The minimum absolute atomic E-state index is 0.0372. The van der Waals surface area contributed by atoms with Gasteiger partial charge < -0.3 is 11.1 Å². The number of sulfonamides is 1. The first-order valence-electron chi connectivity index (χ1n) is 8.07. The molecule has 2 rings (SSSR count). The van der Waals surface area contributed by atoms with Crippen LogP contribution in [0.1, 0.15) is 23.6 Å². The van der Waals surface area contributed by atoms with E-state index >= 15 is 0 Å². The largest absolute Gasteiger partial charge is 0.370 e. The maximum absolute atomic E-state index is 11.5. The zero-order valence-corrected chi connectivity index (χ0v) is 15.3. The number of benzene rings is 2. The fourth-order valence-electron chi connectivity index (χ4n) is 2.22. The van der Waals surface area contributed by atoms with Crippen LogP contribution in [-0.2, 0) is 28.7 Å². The van der Waals surface area contributed by atoms with Crippen LogP contribution in [0.2, 0.25) is 0 Å². The Hall–Kier alpha value is -2.38. The van der Waals surface area contributed by atoms with Crippen molar-refractivity contribution in [2.75, 3.05) is 12.4 Å². The highest BCUT2D eigenvalue weighted by molar-refractivity contribution is 7.88. The lowest BCUT2D eigenvalue weighted by molar-refractivity contribution is 0.587. The zero-order valence-electron chi connectivity index (χ0n) is 14.5. The maximum Gasteiger partial charge on any atom is 0.215 e. The van der Waals surface area contributed by atoms with Crippen LogP contribution < -0.4 is 15.8 Å². The Kier molecular flexibility index (Phi) is 6.55. The van der Waals surface area contributed by atoms with E-state index in [9.17, 15) is 8.42 Å². The molecular formula is C18H24N4O2S. The predicted octanol–water partition coefficient (Wildman–Crippen LogP) is 2.22. The molecule has 2 aromatic rings. The van der Waals surface area contributed by atoms with Crippen molar-refractivity contribution in [2.45, 2.75) is 25.6 Å². The third-order valence-corrected chi connectivity index (χ3v) is 5.09. The van der Waals surface area contributed by atoms with Crippen molar-refractivity contribution in [3.8, 4) is 0 Å². The van der Waals surface area contributed by atoms with E-state index in [1.807, 2.05) is 36.4 Å². The number of rotatable bonds is 7. The summed E-state index contributed by atoms with van der Waals surface area (Å²) in [4.78, 5) is 4.31. The monoisotopic (exact) mass is 360 g/mol. The average Bonchev–Trinajstić information content (AvgIpc) is 2.61. The van der Waals surface area contributed by atoms with Crippen molar-refractivity contribution in [2.24, 2.45) is 10.7 Å². The number of aryl methyl sites for hydroxylation is 1. The molecule has 0 fully saturated rings. The molecule has 0 aliphatic carbocycles. The Morgan fingerprint density at radius 1 is 1.00 bits per heavy atom. The Morgan fingerprint density at radius 2 is 1.56 bits per heavy atom. The molecule has 134 valence electrons. The molecular weight excluding hydrogens is 336 g/mol. The van der Waals surface area contributed by atoms with Crippen LogP contribution in [0.15, 0.2) is 53.5 Å². The topological polar surface area (TPSA) is 96.6 Å². The molecule has 0 bridgehead atoms. The van der Waals surface area contributed by atoms with Crippen LogP contribution in [-0.4, -0.2) is 21.4 Å². The molecule has 25 heavy (non-hydrogen) atoms. The summed E-state index contributed by atoms with van der Waals surface area (Å²) in [5.74, 6) is 0.302. The van der Waals surface area contributed by atoms with Gasteiger partial charge in [0.05, 0.1) is 12.3 Å². The van der Waals surface area contributed by atoms with Crippen molar-refractivity contribution >= 4 is 21.7 Å². The quantitative estimate of drug-likeness (QED) is 0.521. The highest BCUT2D eigenvalue weighted by Crippen LogP contribution is 2.11. The molecule has 0 amide bonds. The molecule has 4 N–H and O–H groups in total. The summed E-state index contributed by atoms with van der Waals surface area (Å²) in [5.41, 5.74) is 9.75. The van der Waals surface area contributed by atoms with Gasteiger partial charge in [-0.1, -0.05) is 43.3 Å². The Balaban J connectivity index is 1.93. The lowest BCUT2D eigenvalue weighted by atomic mass is 10.1. The summed E-state index contributed by atoms with van der Waals surface area (Å²) in [6.07, 6.45) is 0.996. The number of nitrogens with two attached hydrogens (primary N) is 1. The fraction of sp³-hybridized carbons (Fsp3) is 0.278. The Morgan fingerprint density at radius 3 is 2.12 bits per heavy atom. The highest BCUT2D eigenvalue weighted by Gasteiger charge is 2.08. The molecule has 0 aromatic heterocycles. The molecule has 0 radical (unpaired) electrons. The van der Waals surface area contributed by atoms with E-state index < -0.39 is 10.0 Å². The van der Waals surface area contributed by atoms with E-state index in [-0.39, 0.29) is 5.75 Å². The summed E-state index contributed by atoms with van der Waals surface area (Å²) in [7, 11) is -1.85. The van der Waals surface area contributed by atoms with Gasteiger partial charge in [0, 0.05) is 5.69 Å². The molecule has 0 unspecified atom stereocenters. The van der Waals surface area contributed by atoms with Crippen LogP contribution in [0.5, 0.6) is 0 Å². The number of hydrogen-bond donors (Lipinski definition) is 3. The minimum Gasteiger partial charge on any atom is -0.370 e. The van der Waals surface area contributed by atoms with Gasteiger partial charge in [0.1, 0.15) is 0 Å². The summed E-state index contributed by atoms with van der Waals surface area (Å²) in [6, 6.07) is 15.3. The molecule has 0 saturated heterocycles. The van der Waals surface area contributed by atoms with Gasteiger partial charge in [-0.25, -0.2) is 18.1 Å². The number of aliphatic imine (C=N–C) groups is 1. The summed E-state index contributed by atoms with van der Waals surface area (Å²) in [6.45, 7) is 2.53. The molecule has 0 aliphatic heterocycles. The second-order valence-corrected chi connectivity index (χ2v) is 7.58. The van der Waals surface area contributed by atoms with E-state index in [1.54, 1.807) is 12.1 Å².